The lowest BCUT2D eigenvalue weighted by molar-refractivity contribution is -0.138. The summed E-state index contributed by atoms with van der Waals surface area (Å²) in [4.78, 5) is 24.2. The number of esters is 1. The summed E-state index contributed by atoms with van der Waals surface area (Å²) in [6, 6.07) is 16.6. The second-order valence-electron chi connectivity index (χ2n) is 5.73. The van der Waals surface area contributed by atoms with Crippen LogP contribution in [0.4, 0.5) is 0 Å². The monoisotopic (exact) mass is 318 g/mol. The fourth-order valence-corrected chi connectivity index (χ4v) is 2.84. The number of carbonyl (C=O) groups excluding carboxylic acids is 1. The van der Waals surface area contributed by atoms with Crippen molar-refractivity contribution < 1.29 is 13.9 Å². The third kappa shape index (κ3) is 2.63. The first kappa shape index (κ1) is 14.5. The number of para-hydroxylation sites is 2. The van der Waals surface area contributed by atoms with Crippen LogP contribution in [0.2, 0.25) is 0 Å². The summed E-state index contributed by atoms with van der Waals surface area (Å²) in [5.74, 6) is -0.113. The molecule has 0 fully saturated rings. The molecule has 1 aliphatic rings. The SMILES string of the molecule is O=C1Oc2ccccc2C[C@@H]1/C=C/c1cc2ccccc2oc1=O. The number of carbonyl (C=O) groups is 1. The smallest absolute Gasteiger partial charge is 0.343 e. The van der Waals surface area contributed by atoms with Gasteiger partial charge in [-0.15, -0.1) is 0 Å². The molecule has 0 saturated heterocycles. The molecule has 4 heteroatoms. The number of rotatable bonds is 2. The Kier molecular flexibility index (Phi) is 3.50. The Bertz CT molecular complexity index is 1010. The van der Waals surface area contributed by atoms with Gasteiger partial charge in [0, 0.05) is 5.39 Å². The van der Waals surface area contributed by atoms with Crippen molar-refractivity contribution in [3.05, 3.63) is 82.2 Å². The highest BCUT2D eigenvalue weighted by molar-refractivity contribution is 5.82. The highest BCUT2D eigenvalue weighted by atomic mass is 16.5. The molecule has 0 bridgehead atoms. The van der Waals surface area contributed by atoms with Gasteiger partial charge in [0.2, 0.25) is 0 Å². The molecule has 2 heterocycles. The lowest BCUT2D eigenvalue weighted by Crippen LogP contribution is -2.26. The fourth-order valence-electron chi connectivity index (χ4n) is 2.84. The standard InChI is InChI=1S/C20H14O4/c21-19-15(11-13-5-1-3-7-17(13)23-19)9-10-16-12-14-6-2-4-8-18(14)24-20(16)22/h1-11,16H,12H2/b10-9+/t16-/m0/s1. The van der Waals surface area contributed by atoms with Gasteiger partial charge in [0.25, 0.3) is 0 Å². The number of hydrogen-bond donors (Lipinski definition) is 0. The number of benzene rings is 2. The van der Waals surface area contributed by atoms with E-state index in [1.165, 1.54) is 0 Å². The van der Waals surface area contributed by atoms with Gasteiger partial charge in [-0.2, -0.15) is 0 Å². The van der Waals surface area contributed by atoms with Crippen LogP contribution >= 0.6 is 0 Å². The molecule has 1 aliphatic heterocycles. The van der Waals surface area contributed by atoms with E-state index in [2.05, 4.69) is 0 Å². The third-order valence-electron chi connectivity index (χ3n) is 4.10. The van der Waals surface area contributed by atoms with Gasteiger partial charge in [-0.25, -0.2) is 4.79 Å². The Morgan fingerprint density at radius 2 is 1.79 bits per heavy atom. The zero-order valence-electron chi connectivity index (χ0n) is 12.8. The molecule has 2 aromatic carbocycles. The first-order valence-corrected chi connectivity index (χ1v) is 7.71. The van der Waals surface area contributed by atoms with Gasteiger partial charge in [-0.3, -0.25) is 4.79 Å². The molecule has 0 aliphatic carbocycles. The fraction of sp³-hybridized carbons (Fsp3) is 0.100. The number of ether oxygens (including phenoxy) is 1. The van der Waals surface area contributed by atoms with E-state index in [1.807, 2.05) is 36.4 Å². The Balaban J connectivity index is 1.65. The molecule has 0 saturated carbocycles. The van der Waals surface area contributed by atoms with Crippen LogP contribution in [0.5, 0.6) is 5.75 Å². The molecule has 24 heavy (non-hydrogen) atoms. The molecule has 4 rings (SSSR count). The van der Waals surface area contributed by atoms with E-state index in [0.29, 0.717) is 23.3 Å². The van der Waals surface area contributed by atoms with Gasteiger partial charge in [0.1, 0.15) is 11.3 Å². The zero-order valence-corrected chi connectivity index (χ0v) is 12.8. The van der Waals surface area contributed by atoms with Crippen LogP contribution in [0.25, 0.3) is 17.0 Å². The quantitative estimate of drug-likeness (QED) is 0.412. The highest BCUT2D eigenvalue weighted by Crippen LogP contribution is 2.28. The van der Waals surface area contributed by atoms with Gasteiger partial charge >= 0.3 is 11.6 Å². The van der Waals surface area contributed by atoms with Gasteiger partial charge in [0.15, 0.2) is 0 Å². The summed E-state index contributed by atoms with van der Waals surface area (Å²) < 4.78 is 10.6. The van der Waals surface area contributed by atoms with Crippen LogP contribution in [0.3, 0.4) is 0 Å². The Morgan fingerprint density at radius 1 is 1.00 bits per heavy atom. The van der Waals surface area contributed by atoms with Gasteiger partial charge in [-0.1, -0.05) is 48.6 Å². The summed E-state index contributed by atoms with van der Waals surface area (Å²) in [6.45, 7) is 0. The van der Waals surface area contributed by atoms with Gasteiger partial charge in [0.05, 0.1) is 11.5 Å². The van der Waals surface area contributed by atoms with Crippen molar-refractivity contribution in [3.63, 3.8) is 0 Å². The maximum absolute atomic E-state index is 12.1. The molecule has 4 nitrogen and oxygen atoms in total. The lowest BCUT2D eigenvalue weighted by Gasteiger charge is -2.20. The second kappa shape index (κ2) is 5.81. The minimum absolute atomic E-state index is 0.310. The van der Waals surface area contributed by atoms with Crippen LogP contribution in [0.1, 0.15) is 11.1 Å². The van der Waals surface area contributed by atoms with Crippen molar-refractivity contribution in [2.45, 2.75) is 6.42 Å². The summed E-state index contributed by atoms with van der Waals surface area (Å²) in [7, 11) is 0. The normalized spacial score (nSPS) is 17.0. The largest absolute Gasteiger partial charge is 0.426 e. The Labute approximate surface area is 138 Å². The van der Waals surface area contributed by atoms with Gasteiger partial charge in [-0.05, 0) is 30.2 Å². The minimum atomic E-state index is -0.422. The highest BCUT2D eigenvalue weighted by Gasteiger charge is 2.25. The molecule has 118 valence electrons. The molecule has 0 spiro atoms. The van der Waals surface area contributed by atoms with Crippen molar-refractivity contribution in [3.8, 4) is 5.75 Å². The summed E-state index contributed by atoms with van der Waals surface area (Å²) in [5, 5.41) is 0.841. The maximum atomic E-state index is 12.1. The first-order chi connectivity index (χ1) is 11.7. The van der Waals surface area contributed by atoms with Crippen LogP contribution in [0.15, 0.2) is 69.9 Å². The van der Waals surface area contributed by atoms with Crippen molar-refractivity contribution in [1.29, 1.82) is 0 Å². The van der Waals surface area contributed by atoms with Crippen molar-refractivity contribution in [2.24, 2.45) is 5.92 Å². The van der Waals surface area contributed by atoms with Gasteiger partial charge < -0.3 is 9.15 Å². The number of fused-ring (bicyclic) bond motifs is 2. The summed E-state index contributed by atoms with van der Waals surface area (Å²) >= 11 is 0. The van der Waals surface area contributed by atoms with E-state index >= 15 is 0 Å². The van der Waals surface area contributed by atoms with Crippen molar-refractivity contribution in [2.75, 3.05) is 0 Å². The first-order valence-electron chi connectivity index (χ1n) is 7.71. The second-order valence-corrected chi connectivity index (χ2v) is 5.73. The number of hydrogen-bond acceptors (Lipinski definition) is 4. The molecule has 0 unspecified atom stereocenters. The van der Waals surface area contributed by atoms with Crippen LogP contribution in [-0.2, 0) is 11.2 Å². The van der Waals surface area contributed by atoms with Crippen molar-refractivity contribution in [1.82, 2.24) is 0 Å². The lowest BCUT2D eigenvalue weighted by atomic mass is 9.95. The predicted molar refractivity (Wildman–Crippen MR) is 90.8 cm³/mol. The molecule has 1 atom stereocenters. The average Bonchev–Trinajstić information content (AvgIpc) is 2.60. The molecule has 1 aromatic heterocycles. The Morgan fingerprint density at radius 3 is 2.71 bits per heavy atom. The van der Waals surface area contributed by atoms with E-state index in [1.54, 1.807) is 30.4 Å². The summed E-state index contributed by atoms with van der Waals surface area (Å²) in [6.07, 6.45) is 3.90. The summed E-state index contributed by atoms with van der Waals surface area (Å²) in [5.41, 5.74) is 1.53. The molecule has 0 radical (unpaired) electrons. The molecule has 3 aromatic rings. The van der Waals surface area contributed by atoms with Crippen LogP contribution < -0.4 is 10.4 Å². The van der Waals surface area contributed by atoms with E-state index in [4.69, 9.17) is 9.15 Å². The minimum Gasteiger partial charge on any atom is -0.426 e. The van der Waals surface area contributed by atoms with E-state index < -0.39 is 11.5 Å². The topological polar surface area (TPSA) is 56.5 Å². The average molecular weight is 318 g/mol. The Hall–Kier alpha value is -3.14. The maximum Gasteiger partial charge on any atom is 0.343 e. The third-order valence-corrected chi connectivity index (χ3v) is 4.10. The van der Waals surface area contributed by atoms with E-state index in [-0.39, 0.29) is 5.97 Å². The van der Waals surface area contributed by atoms with Crippen LogP contribution in [-0.4, -0.2) is 5.97 Å². The molecular formula is C20H14O4. The molecule has 0 N–H and O–H groups in total. The predicted octanol–water partition coefficient (Wildman–Crippen LogP) is 3.58. The van der Waals surface area contributed by atoms with Crippen molar-refractivity contribution >= 4 is 23.0 Å². The van der Waals surface area contributed by atoms with E-state index in [9.17, 15) is 9.59 Å². The molecular weight excluding hydrogens is 304 g/mol. The van der Waals surface area contributed by atoms with Crippen LogP contribution in [0, 0.1) is 5.92 Å². The van der Waals surface area contributed by atoms with E-state index in [0.717, 1.165) is 10.9 Å². The zero-order chi connectivity index (χ0) is 16.5. The molecule has 0 amide bonds.